The third-order valence-electron chi connectivity index (χ3n) is 3.34. The quantitative estimate of drug-likeness (QED) is 0.548. The average Bonchev–Trinajstić information content (AvgIpc) is 3.02. The second-order valence-corrected chi connectivity index (χ2v) is 5.09. The lowest BCUT2D eigenvalue weighted by molar-refractivity contribution is 0.587. The van der Waals surface area contributed by atoms with E-state index in [4.69, 9.17) is 0 Å². The third kappa shape index (κ3) is 3.88. The molecule has 3 nitrogen and oxygen atoms in total. The van der Waals surface area contributed by atoms with Crippen LogP contribution in [0, 0.1) is 23.3 Å². The van der Waals surface area contributed by atoms with Gasteiger partial charge in [0, 0.05) is 12.6 Å². The monoisotopic (exact) mass is 345 g/mol. The fourth-order valence-electron chi connectivity index (χ4n) is 2.12. The zero-order chi connectivity index (χ0) is 17.8. The van der Waals surface area contributed by atoms with Crippen LogP contribution in [0.15, 0.2) is 63.1 Å². The summed E-state index contributed by atoms with van der Waals surface area (Å²) < 4.78 is 53.9. The number of hydrogen-bond donors (Lipinski definition) is 0. The first-order valence-corrected chi connectivity index (χ1v) is 7.28. The van der Waals surface area contributed by atoms with Gasteiger partial charge >= 0.3 is 0 Å². The van der Waals surface area contributed by atoms with Gasteiger partial charge in [-0.05, 0) is 24.3 Å². The summed E-state index contributed by atoms with van der Waals surface area (Å²) in [5.41, 5.74) is 0.00565. The van der Waals surface area contributed by atoms with Crippen LogP contribution in [-0.4, -0.2) is 18.1 Å². The van der Waals surface area contributed by atoms with Gasteiger partial charge in [0.25, 0.3) is 0 Å². The molecule has 3 rings (SSSR count). The molecule has 1 heterocycles. The maximum atomic E-state index is 13.5. The highest BCUT2D eigenvalue weighted by atomic mass is 19.1. The zero-order valence-electron chi connectivity index (χ0n) is 12.8. The standard InChI is InChI=1S/C18H11F4N3/c19-13-3-1-4-14(20)17(13)23-9-11-7-8-12(25-11)10-24-18-15(21)5-2-6-16(18)22/h1-7,9-10H,8H2. The van der Waals surface area contributed by atoms with Crippen LogP contribution in [0.3, 0.4) is 0 Å². The molecule has 0 amide bonds. The summed E-state index contributed by atoms with van der Waals surface area (Å²) >= 11 is 0. The molecule has 0 radical (unpaired) electrons. The van der Waals surface area contributed by atoms with Crippen molar-refractivity contribution in [3.63, 3.8) is 0 Å². The minimum Gasteiger partial charge on any atom is -0.250 e. The Hall–Kier alpha value is -3.09. The number of aliphatic imine (C=N–C) groups is 3. The largest absolute Gasteiger partial charge is 0.250 e. The smallest absolute Gasteiger partial charge is 0.151 e. The van der Waals surface area contributed by atoms with Crippen LogP contribution < -0.4 is 0 Å². The van der Waals surface area contributed by atoms with Crippen molar-refractivity contribution in [1.29, 1.82) is 0 Å². The minimum atomic E-state index is -0.782. The molecule has 0 bridgehead atoms. The number of allylic oxidation sites excluding steroid dienone is 2. The second kappa shape index (κ2) is 7.21. The number of nitrogens with zero attached hydrogens (tertiary/aromatic N) is 3. The Morgan fingerprint density at radius 3 is 1.76 bits per heavy atom. The molecule has 1 aliphatic rings. The topological polar surface area (TPSA) is 37.1 Å². The third-order valence-corrected chi connectivity index (χ3v) is 3.34. The molecule has 126 valence electrons. The van der Waals surface area contributed by atoms with Crippen LogP contribution >= 0.6 is 0 Å². The molecule has 0 aromatic heterocycles. The molecular weight excluding hydrogens is 334 g/mol. The molecule has 2 aromatic rings. The maximum Gasteiger partial charge on any atom is 0.151 e. The summed E-state index contributed by atoms with van der Waals surface area (Å²) in [6, 6.07) is 6.89. The fraction of sp³-hybridized carbons (Fsp3) is 0.0556. The van der Waals surface area contributed by atoms with Gasteiger partial charge in [-0.25, -0.2) is 27.5 Å². The zero-order valence-corrected chi connectivity index (χ0v) is 12.8. The lowest BCUT2D eigenvalue weighted by Crippen LogP contribution is -1.94. The highest BCUT2D eigenvalue weighted by molar-refractivity contribution is 6.33. The fourth-order valence-corrected chi connectivity index (χ4v) is 2.12. The molecule has 0 atom stereocenters. The van der Waals surface area contributed by atoms with E-state index in [9.17, 15) is 17.6 Å². The van der Waals surface area contributed by atoms with Crippen LogP contribution in [0.2, 0.25) is 0 Å². The van der Waals surface area contributed by atoms with E-state index in [1.165, 1.54) is 24.6 Å². The molecule has 0 aliphatic carbocycles. The van der Waals surface area contributed by atoms with Crippen molar-refractivity contribution in [2.24, 2.45) is 15.0 Å². The van der Waals surface area contributed by atoms with E-state index in [-0.39, 0.29) is 0 Å². The lowest BCUT2D eigenvalue weighted by atomic mass is 10.3. The summed E-state index contributed by atoms with van der Waals surface area (Å²) in [4.78, 5) is 11.6. The first-order valence-electron chi connectivity index (χ1n) is 7.28. The molecule has 0 saturated carbocycles. The Balaban J connectivity index is 1.74. The number of halogens is 4. The molecular formula is C18H11F4N3. The van der Waals surface area contributed by atoms with Gasteiger partial charge in [-0.2, -0.15) is 0 Å². The Kier molecular flexibility index (Phi) is 4.83. The van der Waals surface area contributed by atoms with E-state index in [1.54, 1.807) is 6.08 Å². The molecule has 25 heavy (non-hydrogen) atoms. The van der Waals surface area contributed by atoms with E-state index in [1.807, 2.05) is 0 Å². The highest BCUT2D eigenvalue weighted by Gasteiger charge is 2.10. The van der Waals surface area contributed by atoms with Crippen molar-refractivity contribution in [3.05, 3.63) is 71.4 Å². The van der Waals surface area contributed by atoms with Gasteiger partial charge in [0.1, 0.15) is 11.4 Å². The normalized spacial score (nSPS) is 14.4. The van der Waals surface area contributed by atoms with Gasteiger partial charge in [0.05, 0.1) is 17.6 Å². The molecule has 0 fully saturated rings. The van der Waals surface area contributed by atoms with Crippen molar-refractivity contribution in [3.8, 4) is 0 Å². The molecule has 2 aromatic carbocycles. The second-order valence-electron chi connectivity index (χ2n) is 5.09. The first-order chi connectivity index (χ1) is 12.0. The van der Waals surface area contributed by atoms with Gasteiger partial charge in [-0.1, -0.05) is 18.2 Å². The highest BCUT2D eigenvalue weighted by Crippen LogP contribution is 2.23. The number of hydrogen-bond acceptors (Lipinski definition) is 3. The van der Waals surface area contributed by atoms with E-state index in [0.29, 0.717) is 17.8 Å². The van der Waals surface area contributed by atoms with Crippen LogP contribution in [0.4, 0.5) is 28.9 Å². The average molecular weight is 345 g/mol. The van der Waals surface area contributed by atoms with E-state index >= 15 is 0 Å². The van der Waals surface area contributed by atoms with Crippen LogP contribution in [0.1, 0.15) is 6.42 Å². The summed E-state index contributed by atoms with van der Waals surface area (Å²) in [5, 5.41) is 0. The van der Waals surface area contributed by atoms with Gasteiger partial charge in [0.15, 0.2) is 23.3 Å². The van der Waals surface area contributed by atoms with Crippen molar-refractivity contribution in [2.75, 3.05) is 0 Å². The van der Waals surface area contributed by atoms with E-state index in [0.717, 1.165) is 24.3 Å². The first kappa shape index (κ1) is 16.8. The molecule has 0 N–H and O–H groups in total. The molecule has 0 unspecified atom stereocenters. The van der Waals surface area contributed by atoms with Gasteiger partial charge in [-0.15, -0.1) is 0 Å². The van der Waals surface area contributed by atoms with Gasteiger partial charge in [-0.3, -0.25) is 4.99 Å². The van der Waals surface area contributed by atoms with Gasteiger partial charge < -0.3 is 0 Å². The Bertz CT molecular complexity index is 889. The summed E-state index contributed by atoms with van der Waals surface area (Å²) in [6.07, 6.45) is 4.47. The number of rotatable bonds is 4. The Morgan fingerprint density at radius 2 is 1.24 bits per heavy atom. The van der Waals surface area contributed by atoms with Gasteiger partial charge in [0.2, 0.25) is 0 Å². The predicted octanol–water partition coefficient (Wildman–Crippen LogP) is 5.08. The van der Waals surface area contributed by atoms with Crippen LogP contribution in [0.25, 0.3) is 0 Å². The SMILES string of the molecule is Fc1cccc(F)c1N=CC1=CCC(C=Nc2c(F)cccc2F)=N1. The Labute approximate surface area is 140 Å². The minimum absolute atomic E-state index is 0.362. The molecule has 7 heteroatoms. The van der Waals surface area contributed by atoms with E-state index < -0.39 is 34.6 Å². The van der Waals surface area contributed by atoms with Crippen molar-refractivity contribution in [1.82, 2.24) is 0 Å². The number of benzene rings is 2. The van der Waals surface area contributed by atoms with Crippen LogP contribution in [0.5, 0.6) is 0 Å². The van der Waals surface area contributed by atoms with Crippen molar-refractivity contribution >= 4 is 29.5 Å². The predicted molar refractivity (Wildman–Crippen MR) is 89.2 cm³/mol. The summed E-state index contributed by atoms with van der Waals surface area (Å²) in [6.45, 7) is 0. The molecule has 0 spiro atoms. The number of para-hydroxylation sites is 2. The van der Waals surface area contributed by atoms with Crippen molar-refractivity contribution < 1.29 is 17.6 Å². The lowest BCUT2D eigenvalue weighted by Gasteiger charge is -1.98. The maximum absolute atomic E-state index is 13.5. The molecule has 1 aliphatic heterocycles. The van der Waals surface area contributed by atoms with Crippen LogP contribution in [-0.2, 0) is 0 Å². The summed E-state index contributed by atoms with van der Waals surface area (Å²) in [7, 11) is 0. The Morgan fingerprint density at radius 1 is 0.760 bits per heavy atom. The molecule has 0 saturated heterocycles. The van der Waals surface area contributed by atoms with E-state index in [2.05, 4.69) is 15.0 Å². The van der Waals surface area contributed by atoms with Crippen molar-refractivity contribution in [2.45, 2.75) is 6.42 Å². The summed E-state index contributed by atoms with van der Waals surface area (Å²) in [5.74, 6) is -3.12.